The van der Waals surface area contributed by atoms with Gasteiger partial charge in [0.2, 0.25) is 0 Å². The zero-order chi connectivity index (χ0) is 14.0. The molecule has 0 amide bonds. The molecule has 0 spiro atoms. The number of nitrogens with one attached hydrogen (secondary N) is 1. The smallest absolute Gasteiger partial charge is 0.129 e. The summed E-state index contributed by atoms with van der Waals surface area (Å²) in [4.78, 5) is 0. The Bertz CT molecular complexity index is 550. The molecule has 2 aliphatic rings. The number of aryl methyl sites for hydroxylation is 1. The van der Waals surface area contributed by atoms with Gasteiger partial charge < -0.3 is 15.8 Å². The summed E-state index contributed by atoms with van der Waals surface area (Å²) >= 11 is 0. The minimum absolute atomic E-state index is 0.116. The molecule has 0 saturated carbocycles. The van der Waals surface area contributed by atoms with Crippen molar-refractivity contribution in [1.29, 1.82) is 0 Å². The number of ether oxygens (including phenoxy) is 1. The molecule has 0 radical (unpaired) electrons. The van der Waals surface area contributed by atoms with Gasteiger partial charge in [-0.15, -0.1) is 0 Å². The van der Waals surface area contributed by atoms with Crippen LogP contribution in [-0.4, -0.2) is 18.7 Å². The third kappa shape index (κ3) is 1.54. The van der Waals surface area contributed by atoms with Gasteiger partial charge in [0.25, 0.3) is 0 Å². The predicted molar refractivity (Wildman–Crippen MR) is 79.2 cm³/mol. The largest absolute Gasteiger partial charge is 0.485 e. The first-order chi connectivity index (χ1) is 8.80. The monoisotopic (exact) mass is 260 g/mol. The highest BCUT2D eigenvalue weighted by atomic mass is 16.5. The standard InChI is InChI=1S/C16H24N2O/c1-9-6-11-10(2)16(5,7-17)19-14(11)12-13(9)18-8-15(12,3)4/h6,10,18H,7-8,17H2,1-5H3/t10-,16-/m0/s1. The highest BCUT2D eigenvalue weighted by molar-refractivity contribution is 5.73. The lowest BCUT2D eigenvalue weighted by Crippen LogP contribution is -2.41. The van der Waals surface area contributed by atoms with E-state index >= 15 is 0 Å². The Kier molecular flexibility index (Phi) is 2.47. The van der Waals surface area contributed by atoms with Gasteiger partial charge in [-0.1, -0.05) is 20.8 Å². The van der Waals surface area contributed by atoms with Gasteiger partial charge in [-0.05, 0) is 25.5 Å². The van der Waals surface area contributed by atoms with Gasteiger partial charge in [-0.2, -0.15) is 0 Å². The van der Waals surface area contributed by atoms with E-state index in [-0.39, 0.29) is 11.0 Å². The zero-order valence-corrected chi connectivity index (χ0v) is 12.6. The predicted octanol–water partition coefficient (Wildman–Crippen LogP) is 2.91. The molecular formula is C16H24N2O. The molecule has 0 saturated heterocycles. The van der Waals surface area contributed by atoms with Crippen molar-refractivity contribution in [2.45, 2.75) is 51.6 Å². The Balaban J connectivity index is 2.25. The summed E-state index contributed by atoms with van der Waals surface area (Å²) in [5.41, 5.74) is 11.0. The first-order valence-electron chi connectivity index (χ1n) is 7.11. The van der Waals surface area contributed by atoms with Gasteiger partial charge in [0, 0.05) is 41.2 Å². The first kappa shape index (κ1) is 12.8. The van der Waals surface area contributed by atoms with Crippen molar-refractivity contribution < 1.29 is 4.74 Å². The van der Waals surface area contributed by atoms with Gasteiger partial charge in [-0.3, -0.25) is 0 Å². The van der Waals surface area contributed by atoms with Gasteiger partial charge >= 0.3 is 0 Å². The van der Waals surface area contributed by atoms with Crippen molar-refractivity contribution in [2.24, 2.45) is 5.73 Å². The lowest BCUT2D eigenvalue weighted by Gasteiger charge is -2.27. The number of hydrogen-bond donors (Lipinski definition) is 2. The number of anilines is 1. The molecule has 1 aromatic rings. The highest BCUT2D eigenvalue weighted by Crippen LogP contribution is 2.54. The minimum atomic E-state index is -0.275. The van der Waals surface area contributed by atoms with Crippen LogP contribution in [0.15, 0.2) is 6.07 Å². The van der Waals surface area contributed by atoms with Crippen LogP contribution in [0.2, 0.25) is 0 Å². The Labute approximate surface area is 115 Å². The molecule has 3 heteroatoms. The van der Waals surface area contributed by atoms with Crippen molar-refractivity contribution in [3.63, 3.8) is 0 Å². The summed E-state index contributed by atoms with van der Waals surface area (Å²) < 4.78 is 6.32. The van der Waals surface area contributed by atoms with E-state index in [0.29, 0.717) is 12.5 Å². The molecule has 0 unspecified atom stereocenters. The second kappa shape index (κ2) is 3.66. The van der Waals surface area contributed by atoms with Crippen LogP contribution in [-0.2, 0) is 5.41 Å². The Morgan fingerprint density at radius 2 is 2.11 bits per heavy atom. The second-order valence-corrected chi connectivity index (χ2v) is 6.94. The molecule has 3 rings (SSSR count). The topological polar surface area (TPSA) is 47.3 Å². The fourth-order valence-corrected chi connectivity index (χ4v) is 3.40. The van der Waals surface area contributed by atoms with Crippen molar-refractivity contribution in [1.82, 2.24) is 0 Å². The second-order valence-electron chi connectivity index (χ2n) is 6.94. The summed E-state index contributed by atoms with van der Waals surface area (Å²) in [6.45, 7) is 12.6. The summed E-state index contributed by atoms with van der Waals surface area (Å²) in [6, 6.07) is 2.27. The zero-order valence-electron chi connectivity index (χ0n) is 12.6. The van der Waals surface area contributed by atoms with Crippen LogP contribution in [0.3, 0.4) is 0 Å². The molecule has 19 heavy (non-hydrogen) atoms. The molecule has 2 heterocycles. The van der Waals surface area contributed by atoms with Crippen molar-refractivity contribution in [2.75, 3.05) is 18.4 Å². The number of hydrogen-bond acceptors (Lipinski definition) is 3. The maximum Gasteiger partial charge on any atom is 0.129 e. The van der Waals surface area contributed by atoms with E-state index in [4.69, 9.17) is 10.5 Å². The Morgan fingerprint density at radius 1 is 1.42 bits per heavy atom. The van der Waals surface area contributed by atoms with Gasteiger partial charge in [0.15, 0.2) is 0 Å². The fraction of sp³-hybridized carbons (Fsp3) is 0.625. The first-order valence-corrected chi connectivity index (χ1v) is 7.11. The third-order valence-electron chi connectivity index (χ3n) is 5.01. The van der Waals surface area contributed by atoms with Gasteiger partial charge in [-0.25, -0.2) is 0 Å². The maximum atomic E-state index is 6.32. The molecule has 0 bridgehead atoms. The van der Waals surface area contributed by atoms with E-state index < -0.39 is 0 Å². The molecule has 0 fully saturated rings. The molecule has 3 N–H and O–H groups in total. The normalized spacial score (nSPS) is 30.5. The molecule has 0 aliphatic carbocycles. The van der Waals surface area contributed by atoms with E-state index in [2.05, 4.69) is 46.0 Å². The van der Waals surface area contributed by atoms with Crippen LogP contribution in [0, 0.1) is 6.92 Å². The third-order valence-corrected chi connectivity index (χ3v) is 5.01. The van der Waals surface area contributed by atoms with Crippen LogP contribution in [0.4, 0.5) is 5.69 Å². The lowest BCUT2D eigenvalue weighted by atomic mass is 9.81. The van der Waals surface area contributed by atoms with E-state index in [9.17, 15) is 0 Å². The SMILES string of the molecule is Cc1cc2c(c3c1NCC3(C)C)O[C@@](C)(CN)[C@H]2C. The number of nitrogens with two attached hydrogens (primary N) is 1. The average molecular weight is 260 g/mol. The molecule has 1 aromatic carbocycles. The van der Waals surface area contributed by atoms with Crippen LogP contribution in [0.5, 0.6) is 5.75 Å². The van der Waals surface area contributed by atoms with Gasteiger partial charge in [0.1, 0.15) is 11.4 Å². The summed E-state index contributed by atoms with van der Waals surface area (Å²) in [5, 5.41) is 3.54. The summed E-state index contributed by atoms with van der Waals surface area (Å²) in [6.07, 6.45) is 0. The quantitative estimate of drug-likeness (QED) is 0.816. The van der Waals surface area contributed by atoms with E-state index in [1.165, 1.54) is 22.4 Å². The molecule has 3 nitrogen and oxygen atoms in total. The summed E-state index contributed by atoms with van der Waals surface area (Å²) in [5.74, 6) is 1.42. The van der Waals surface area contributed by atoms with Gasteiger partial charge in [0.05, 0.1) is 0 Å². The fourth-order valence-electron chi connectivity index (χ4n) is 3.40. The minimum Gasteiger partial charge on any atom is -0.485 e. The van der Waals surface area contributed by atoms with Crippen molar-refractivity contribution in [3.05, 3.63) is 22.8 Å². The number of rotatable bonds is 1. The number of fused-ring (bicyclic) bond motifs is 3. The van der Waals surface area contributed by atoms with E-state index in [0.717, 1.165) is 12.3 Å². The Hall–Kier alpha value is -1.22. The van der Waals surface area contributed by atoms with Crippen LogP contribution < -0.4 is 15.8 Å². The van der Waals surface area contributed by atoms with Crippen LogP contribution >= 0.6 is 0 Å². The molecule has 2 atom stereocenters. The van der Waals surface area contributed by atoms with Crippen LogP contribution in [0.25, 0.3) is 0 Å². The molecule has 0 aromatic heterocycles. The van der Waals surface area contributed by atoms with Crippen molar-refractivity contribution >= 4 is 5.69 Å². The maximum absolute atomic E-state index is 6.32. The molecule has 104 valence electrons. The highest BCUT2D eigenvalue weighted by Gasteiger charge is 2.46. The van der Waals surface area contributed by atoms with E-state index in [1.807, 2.05) is 0 Å². The van der Waals surface area contributed by atoms with Crippen LogP contribution in [0.1, 0.15) is 50.3 Å². The van der Waals surface area contributed by atoms with Crippen molar-refractivity contribution in [3.8, 4) is 5.75 Å². The van der Waals surface area contributed by atoms with E-state index in [1.54, 1.807) is 0 Å². The average Bonchev–Trinajstić information content (AvgIpc) is 2.79. The molecule has 2 aliphatic heterocycles. The summed E-state index contributed by atoms with van der Waals surface area (Å²) in [7, 11) is 0. The number of benzene rings is 1. The lowest BCUT2D eigenvalue weighted by molar-refractivity contribution is 0.102. The molecular weight excluding hydrogens is 236 g/mol. The Morgan fingerprint density at radius 3 is 2.74 bits per heavy atom.